The summed E-state index contributed by atoms with van der Waals surface area (Å²) in [5.74, 6) is 0. The van der Waals surface area contributed by atoms with Gasteiger partial charge in [0, 0.05) is 12.6 Å². The molecule has 2 fully saturated rings. The Balaban J connectivity index is 0.000000350. The molecule has 19 heavy (non-hydrogen) atoms. The smallest absolute Gasteiger partial charge is 0.0235 e. The molecule has 1 unspecified atom stereocenters. The summed E-state index contributed by atoms with van der Waals surface area (Å²) in [5.41, 5.74) is 0. The summed E-state index contributed by atoms with van der Waals surface area (Å²) >= 11 is 0. The second-order valence-electron chi connectivity index (χ2n) is 5.65. The van der Waals surface area contributed by atoms with E-state index in [1.807, 2.05) is 13.8 Å². The molecule has 0 spiro atoms. The van der Waals surface area contributed by atoms with Gasteiger partial charge < -0.3 is 4.90 Å². The zero-order valence-corrected chi connectivity index (χ0v) is 14.2. The van der Waals surface area contributed by atoms with Crippen LogP contribution < -0.4 is 0 Å². The fourth-order valence-corrected chi connectivity index (χ4v) is 2.82. The van der Waals surface area contributed by atoms with Crippen LogP contribution in [0, 0.1) is 0 Å². The molecule has 0 amide bonds. The third-order valence-corrected chi connectivity index (χ3v) is 3.98. The maximum atomic E-state index is 2.67. The summed E-state index contributed by atoms with van der Waals surface area (Å²) in [6.07, 6.45) is 9.80. The van der Waals surface area contributed by atoms with Gasteiger partial charge in [-0.1, -0.05) is 53.4 Å². The molecule has 0 radical (unpaired) electrons. The van der Waals surface area contributed by atoms with E-state index in [9.17, 15) is 0 Å². The first-order valence-corrected chi connectivity index (χ1v) is 8.70. The third kappa shape index (κ3) is 8.65. The van der Waals surface area contributed by atoms with Crippen LogP contribution in [0.4, 0.5) is 0 Å². The van der Waals surface area contributed by atoms with Crippen LogP contribution >= 0.6 is 0 Å². The van der Waals surface area contributed by atoms with Crippen molar-refractivity contribution in [2.45, 2.75) is 78.7 Å². The maximum absolute atomic E-state index is 2.67. The Bertz CT molecular complexity index is 172. The van der Waals surface area contributed by atoms with Crippen molar-refractivity contribution < 1.29 is 0 Å². The molecular weight excluding hydrogens is 232 g/mol. The number of unbranched alkanes of at least 4 members (excludes halogenated alkanes) is 3. The van der Waals surface area contributed by atoms with Crippen molar-refractivity contribution in [2.75, 3.05) is 33.2 Å². The van der Waals surface area contributed by atoms with E-state index in [4.69, 9.17) is 0 Å². The van der Waals surface area contributed by atoms with E-state index in [1.54, 1.807) is 0 Å². The van der Waals surface area contributed by atoms with E-state index in [-0.39, 0.29) is 0 Å². The standard InChI is InChI=1S/C9H18N2.C6H14.C2H6/c1-10-7-4-9(8-10)11-5-2-3-6-11;1-3-5-6-4-2;1-2/h9H,2-8H2,1H3;3-6H2,1-2H3;1-2H3. The van der Waals surface area contributed by atoms with Crippen LogP contribution in [0.3, 0.4) is 0 Å². The minimum Gasteiger partial charge on any atom is -0.305 e. The Morgan fingerprint density at radius 2 is 1.42 bits per heavy atom. The van der Waals surface area contributed by atoms with E-state index in [2.05, 4.69) is 30.7 Å². The molecule has 0 aromatic rings. The van der Waals surface area contributed by atoms with Crippen LogP contribution in [0.5, 0.6) is 0 Å². The van der Waals surface area contributed by atoms with Gasteiger partial charge in [0.05, 0.1) is 0 Å². The van der Waals surface area contributed by atoms with Crippen molar-refractivity contribution in [3.05, 3.63) is 0 Å². The van der Waals surface area contributed by atoms with Crippen molar-refractivity contribution in [1.82, 2.24) is 9.80 Å². The summed E-state index contributed by atoms with van der Waals surface area (Å²) in [4.78, 5) is 5.12. The van der Waals surface area contributed by atoms with Gasteiger partial charge in [-0.05, 0) is 45.9 Å². The van der Waals surface area contributed by atoms with Crippen LogP contribution in [0.15, 0.2) is 0 Å². The second kappa shape index (κ2) is 12.9. The lowest BCUT2D eigenvalue weighted by molar-refractivity contribution is 0.242. The van der Waals surface area contributed by atoms with Crippen LogP contribution in [0.1, 0.15) is 72.6 Å². The van der Waals surface area contributed by atoms with Crippen molar-refractivity contribution in [1.29, 1.82) is 0 Å². The zero-order valence-electron chi connectivity index (χ0n) is 14.2. The molecule has 2 saturated heterocycles. The van der Waals surface area contributed by atoms with Gasteiger partial charge in [0.25, 0.3) is 0 Å². The number of likely N-dealkylation sites (N-methyl/N-ethyl adjacent to an activating group) is 1. The van der Waals surface area contributed by atoms with Crippen LogP contribution in [-0.2, 0) is 0 Å². The molecule has 0 aromatic carbocycles. The summed E-state index contributed by atoms with van der Waals surface area (Å²) in [6.45, 7) is 13.8. The highest BCUT2D eigenvalue weighted by Gasteiger charge is 2.26. The van der Waals surface area contributed by atoms with Crippen LogP contribution in [-0.4, -0.2) is 49.1 Å². The fourth-order valence-electron chi connectivity index (χ4n) is 2.82. The lowest BCUT2D eigenvalue weighted by atomic mass is 10.2. The number of nitrogens with zero attached hydrogens (tertiary/aromatic N) is 2. The van der Waals surface area contributed by atoms with E-state index in [0.29, 0.717) is 0 Å². The summed E-state index contributed by atoms with van der Waals surface area (Å²) in [5, 5.41) is 0. The number of likely N-dealkylation sites (tertiary alicyclic amines) is 2. The molecule has 116 valence electrons. The van der Waals surface area contributed by atoms with E-state index >= 15 is 0 Å². The maximum Gasteiger partial charge on any atom is 0.0235 e. The predicted octanol–water partition coefficient (Wildman–Crippen LogP) is 4.40. The first-order valence-electron chi connectivity index (χ1n) is 8.70. The molecule has 0 N–H and O–H groups in total. The quantitative estimate of drug-likeness (QED) is 0.699. The van der Waals surface area contributed by atoms with Gasteiger partial charge in [0.15, 0.2) is 0 Å². The minimum absolute atomic E-state index is 0.891. The van der Waals surface area contributed by atoms with Gasteiger partial charge in [-0.3, -0.25) is 4.90 Å². The zero-order chi connectivity index (χ0) is 14.5. The van der Waals surface area contributed by atoms with Crippen molar-refractivity contribution >= 4 is 0 Å². The van der Waals surface area contributed by atoms with Gasteiger partial charge in [-0.15, -0.1) is 0 Å². The Labute approximate surface area is 122 Å². The average molecular weight is 271 g/mol. The first kappa shape index (κ1) is 18.9. The molecule has 2 aliphatic heterocycles. The van der Waals surface area contributed by atoms with Gasteiger partial charge in [-0.25, -0.2) is 0 Å². The van der Waals surface area contributed by atoms with Gasteiger partial charge >= 0.3 is 0 Å². The van der Waals surface area contributed by atoms with E-state index < -0.39 is 0 Å². The molecule has 2 heteroatoms. The fraction of sp³-hybridized carbons (Fsp3) is 1.00. The Morgan fingerprint density at radius 1 is 0.895 bits per heavy atom. The van der Waals surface area contributed by atoms with Crippen molar-refractivity contribution in [2.24, 2.45) is 0 Å². The molecular formula is C17H38N2. The molecule has 0 aromatic heterocycles. The minimum atomic E-state index is 0.891. The summed E-state index contributed by atoms with van der Waals surface area (Å²) in [6, 6.07) is 0.891. The third-order valence-electron chi connectivity index (χ3n) is 3.98. The Hall–Kier alpha value is -0.0800. The topological polar surface area (TPSA) is 6.48 Å². The molecule has 1 atom stereocenters. The number of hydrogen-bond acceptors (Lipinski definition) is 2. The molecule has 0 bridgehead atoms. The van der Waals surface area contributed by atoms with Crippen LogP contribution in [0.25, 0.3) is 0 Å². The summed E-state index contributed by atoms with van der Waals surface area (Å²) < 4.78 is 0. The Kier molecular flexibility index (Phi) is 12.9. The van der Waals surface area contributed by atoms with Crippen LogP contribution in [0.2, 0.25) is 0 Å². The first-order chi connectivity index (χ1) is 9.27. The highest BCUT2D eigenvalue weighted by atomic mass is 15.2. The monoisotopic (exact) mass is 270 g/mol. The highest BCUT2D eigenvalue weighted by Crippen LogP contribution is 2.18. The van der Waals surface area contributed by atoms with E-state index in [0.717, 1.165) is 6.04 Å². The molecule has 2 aliphatic rings. The SMILES string of the molecule is CC.CCCCCC.CN1CCC(N2CCCC2)C1. The van der Waals surface area contributed by atoms with Crippen molar-refractivity contribution in [3.8, 4) is 0 Å². The molecule has 2 rings (SSSR count). The normalized spacial score (nSPS) is 23.5. The summed E-state index contributed by atoms with van der Waals surface area (Å²) in [7, 11) is 2.23. The highest BCUT2D eigenvalue weighted by molar-refractivity contribution is 4.83. The molecule has 0 saturated carbocycles. The predicted molar refractivity (Wildman–Crippen MR) is 87.9 cm³/mol. The average Bonchev–Trinajstić information content (AvgIpc) is 3.10. The molecule has 2 nitrogen and oxygen atoms in total. The number of rotatable bonds is 4. The van der Waals surface area contributed by atoms with Crippen molar-refractivity contribution in [3.63, 3.8) is 0 Å². The van der Waals surface area contributed by atoms with E-state index in [1.165, 1.54) is 71.1 Å². The Morgan fingerprint density at radius 3 is 1.79 bits per heavy atom. The number of hydrogen-bond donors (Lipinski definition) is 0. The largest absolute Gasteiger partial charge is 0.305 e. The lowest BCUT2D eigenvalue weighted by Crippen LogP contribution is -2.34. The molecule has 0 aliphatic carbocycles. The van der Waals surface area contributed by atoms with Gasteiger partial charge in [0.1, 0.15) is 0 Å². The van der Waals surface area contributed by atoms with Gasteiger partial charge in [-0.2, -0.15) is 0 Å². The second-order valence-corrected chi connectivity index (χ2v) is 5.65. The van der Waals surface area contributed by atoms with Gasteiger partial charge in [0.2, 0.25) is 0 Å². The lowest BCUT2D eigenvalue weighted by Gasteiger charge is -2.22. The molecule has 2 heterocycles.